The second-order valence-corrected chi connectivity index (χ2v) is 6.08. The van der Waals surface area contributed by atoms with Gasteiger partial charge in [-0.25, -0.2) is 0 Å². The molecule has 0 aliphatic carbocycles. The lowest BCUT2D eigenvalue weighted by molar-refractivity contribution is 0.618. The Morgan fingerprint density at radius 3 is 2.69 bits per heavy atom. The Morgan fingerprint density at radius 2 is 2.00 bits per heavy atom. The van der Waals surface area contributed by atoms with Gasteiger partial charge in [0.15, 0.2) is 5.96 Å². The van der Waals surface area contributed by atoms with Gasteiger partial charge in [0.25, 0.3) is 0 Å². The van der Waals surface area contributed by atoms with Gasteiger partial charge in [0.2, 0.25) is 0 Å². The Balaban J connectivity index is 0.00000338. The molecule has 1 unspecified atom stereocenters. The van der Waals surface area contributed by atoms with Gasteiger partial charge < -0.3 is 15.2 Å². The number of aromatic nitrogens is 3. The van der Waals surface area contributed by atoms with Crippen molar-refractivity contribution < 1.29 is 0 Å². The zero-order valence-corrected chi connectivity index (χ0v) is 18.3. The predicted octanol–water partition coefficient (Wildman–Crippen LogP) is 3.56. The smallest absolute Gasteiger partial charge is 0.191 e. The molecule has 0 saturated heterocycles. The largest absolute Gasteiger partial charge is 0.355 e. The van der Waals surface area contributed by atoms with Crippen molar-refractivity contribution in [3.8, 4) is 0 Å². The van der Waals surface area contributed by atoms with E-state index in [1.807, 2.05) is 6.07 Å². The summed E-state index contributed by atoms with van der Waals surface area (Å²) in [7, 11) is 0. The molecule has 0 spiro atoms. The maximum absolute atomic E-state index is 4.69. The van der Waals surface area contributed by atoms with Crippen molar-refractivity contribution in [1.82, 2.24) is 25.4 Å². The quantitative estimate of drug-likeness (QED) is 0.255. The highest BCUT2D eigenvalue weighted by atomic mass is 127. The number of aliphatic imine (C=N–C) groups is 1. The minimum Gasteiger partial charge on any atom is -0.355 e. The highest BCUT2D eigenvalue weighted by Gasteiger charge is 2.08. The minimum absolute atomic E-state index is 0. The molecule has 2 aromatic rings. The van der Waals surface area contributed by atoms with Crippen LogP contribution in [0.2, 0.25) is 0 Å². The molecule has 144 valence electrons. The number of nitrogens with zero attached hydrogens (tertiary/aromatic N) is 4. The van der Waals surface area contributed by atoms with Crippen molar-refractivity contribution in [3.63, 3.8) is 0 Å². The van der Waals surface area contributed by atoms with Gasteiger partial charge in [-0.1, -0.05) is 50.6 Å². The van der Waals surface area contributed by atoms with Crippen LogP contribution in [0.15, 0.2) is 41.7 Å². The topological polar surface area (TPSA) is 67.1 Å². The molecule has 0 amide bonds. The Morgan fingerprint density at radius 1 is 1.23 bits per heavy atom. The summed E-state index contributed by atoms with van der Waals surface area (Å²) >= 11 is 0. The van der Waals surface area contributed by atoms with Gasteiger partial charge >= 0.3 is 0 Å². The van der Waals surface area contributed by atoms with Crippen LogP contribution in [-0.4, -0.2) is 33.8 Å². The van der Waals surface area contributed by atoms with Crippen LogP contribution >= 0.6 is 24.0 Å². The summed E-state index contributed by atoms with van der Waals surface area (Å²) in [4.78, 5) is 4.69. The summed E-state index contributed by atoms with van der Waals surface area (Å²) in [6.45, 7) is 8.87. The Hall–Kier alpha value is -1.64. The van der Waals surface area contributed by atoms with E-state index in [1.54, 1.807) is 6.33 Å². The van der Waals surface area contributed by atoms with E-state index >= 15 is 0 Å². The first kappa shape index (κ1) is 22.4. The fraction of sp³-hybridized carbons (Fsp3) is 0.526. The first-order chi connectivity index (χ1) is 12.2. The molecular weight excluding hydrogens is 439 g/mol. The molecule has 1 heterocycles. The molecule has 2 rings (SSSR count). The third-order valence-corrected chi connectivity index (χ3v) is 4.09. The van der Waals surface area contributed by atoms with E-state index in [0.717, 1.165) is 50.7 Å². The van der Waals surface area contributed by atoms with Gasteiger partial charge in [-0.2, -0.15) is 0 Å². The molecule has 2 N–H and O–H groups in total. The van der Waals surface area contributed by atoms with Crippen molar-refractivity contribution in [2.45, 2.75) is 52.6 Å². The average Bonchev–Trinajstić information content (AvgIpc) is 3.10. The number of hydrogen-bond acceptors (Lipinski definition) is 3. The van der Waals surface area contributed by atoms with Gasteiger partial charge in [0.1, 0.15) is 12.2 Å². The van der Waals surface area contributed by atoms with E-state index < -0.39 is 0 Å². The third-order valence-electron chi connectivity index (χ3n) is 4.09. The molecule has 1 aromatic carbocycles. The zero-order valence-electron chi connectivity index (χ0n) is 16.0. The van der Waals surface area contributed by atoms with Gasteiger partial charge in [-0.3, -0.25) is 4.99 Å². The predicted molar refractivity (Wildman–Crippen MR) is 118 cm³/mol. The van der Waals surface area contributed by atoms with Crippen LogP contribution in [0, 0.1) is 0 Å². The molecule has 0 aliphatic heterocycles. The number of rotatable bonds is 9. The molecule has 0 saturated carbocycles. The standard InChI is InChI=1S/C19H30N6.HI/c1-4-6-12-20-19(23-16(3)17-10-8-7-9-11-17)21-13-14-25-15-22-24-18(25)5-2;/h7-11,15-16H,4-6,12-14H2,1-3H3,(H2,20,21,23);1H. The summed E-state index contributed by atoms with van der Waals surface area (Å²) in [6.07, 6.45) is 4.92. The third kappa shape index (κ3) is 7.31. The summed E-state index contributed by atoms with van der Waals surface area (Å²) in [5.41, 5.74) is 1.25. The number of hydrogen-bond donors (Lipinski definition) is 2. The van der Waals surface area contributed by atoms with Crippen LogP contribution in [0.5, 0.6) is 0 Å². The first-order valence-electron chi connectivity index (χ1n) is 9.21. The first-order valence-corrected chi connectivity index (χ1v) is 9.21. The fourth-order valence-electron chi connectivity index (χ4n) is 2.57. The van der Waals surface area contributed by atoms with Crippen molar-refractivity contribution in [3.05, 3.63) is 48.0 Å². The van der Waals surface area contributed by atoms with Crippen molar-refractivity contribution in [1.29, 1.82) is 0 Å². The number of aryl methyl sites for hydroxylation is 1. The maximum Gasteiger partial charge on any atom is 0.191 e. The van der Waals surface area contributed by atoms with Crippen molar-refractivity contribution in [2.75, 3.05) is 13.1 Å². The van der Waals surface area contributed by atoms with E-state index in [0.29, 0.717) is 0 Å². The number of benzene rings is 1. The Bertz CT molecular complexity index is 640. The molecule has 7 heteroatoms. The minimum atomic E-state index is 0. The molecule has 0 aliphatic rings. The maximum atomic E-state index is 4.69. The van der Waals surface area contributed by atoms with Crippen LogP contribution < -0.4 is 10.6 Å². The fourth-order valence-corrected chi connectivity index (χ4v) is 2.57. The van der Waals surface area contributed by atoms with Crippen LogP contribution in [0.1, 0.15) is 51.0 Å². The zero-order chi connectivity index (χ0) is 17.9. The van der Waals surface area contributed by atoms with Gasteiger partial charge in [0, 0.05) is 26.1 Å². The molecule has 6 nitrogen and oxygen atoms in total. The number of guanidine groups is 1. The molecule has 0 bridgehead atoms. The second kappa shape index (κ2) is 12.7. The molecule has 0 fully saturated rings. The Labute approximate surface area is 173 Å². The van der Waals surface area contributed by atoms with Crippen molar-refractivity contribution >= 4 is 29.9 Å². The lowest BCUT2D eigenvalue weighted by Crippen LogP contribution is -2.40. The molecule has 1 aromatic heterocycles. The molecule has 26 heavy (non-hydrogen) atoms. The lowest BCUT2D eigenvalue weighted by atomic mass is 10.1. The number of nitrogens with one attached hydrogen (secondary N) is 2. The SMILES string of the molecule is CCCCN=C(NCCn1cnnc1CC)NC(C)c1ccccc1.I. The van der Waals surface area contributed by atoms with E-state index in [4.69, 9.17) is 4.99 Å². The molecule has 0 radical (unpaired) electrons. The van der Waals surface area contributed by atoms with Crippen LogP contribution in [0.4, 0.5) is 0 Å². The van der Waals surface area contributed by atoms with E-state index in [1.165, 1.54) is 5.56 Å². The van der Waals surface area contributed by atoms with Gasteiger partial charge in [-0.05, 0) is 18.9 Å². The monoisotopic (exact) mass is 470 g/mol. The Kier molecular flexibility index (Phi) is 10.9. The summed E-state index contributed by atoms with van der Waals surface area (Å²) in [5.74, 6) is 1.87. The highest BCUT2D eigenvalue weighted by Crippen LogP contribution is 2.10. The normalized spacial score (nSPS) is 12.3. The van der Waals surface area contributed by atoms with Gasteiger partial charge in [-0.15, -0.1) is 34.2 Å². The van der Waals surface area contributed by atoms with E-state index in [2.05, 4.69) is 70.4 Å². The highest BCUT2D eigenvalue weighted by molar-refractivity contribution is 14.0. The summed E-state index contributed by atoms with van der Waals surface area (Å²) in [5, 5.41) is 15.0. The number of halogens is 1. The summed E-state index contributed by atoms with van der Waals surface area (Å²) in [6, 6.07) is 10.6. The average molecular weight is 470 g/mol. The van der Waals surface area contributed by atoms with Crippen molar-refractivity contribution in [2.24, 2.45) is 4.99 Å². The summed E-state index contributed by atoms with van der Waals surface area (Å²) < 4.78 is 2.08. The van der Waals surface area contributed by atoms with E-state index in [-0.39, 0.29) is 30.0 Å². The second-order valence-electron chi connectivity index (χ2n) is 6.08. The lowest BCUT2D eigenvalue weighted by Gasteiger charge is -2.19. The van der Waals surface area contributed by atoms with Crippen LogP contribution in [-0.2, 0) is 13.0 Å². The van der Waals surface area contributed by atoms with Crippen LogP contribution in [0.25, 0.3) is 0 Å². The molecule has 1 atom stereocenters. The van der Waals surface area contributed by atoms with Crippen LogP contribution in [0.3, 0.4) is 0 Å². The molecular formula is C19H31IN6. The number of unbranched alkanes of at least 4 members (excludes halogenated alkanes) is 1. The van der Waals surface area contributed by atoms with Gasteiger partial charge in [0.05, 0.1) is 6.04 Å². The van der Waals surface area contributed by atoms with E-state index in [9.17, 15) is 0 Å².